The summed E-state index contributed by atoms with van der Waals surface area (Å²) in [6.45, 7) is 7.10. The van der Waals surface area contributed by atoms with Gasteiger partial charge in [-0.2, -0.15) is 0 Å². The molecule has 76 valence electrons. The van der Waals surface area contributed by atoms with Crippen molar-refractivity contribution in [1.82, 2.24) is 0 Å². The molecule has 0 amide bonds. The lowest BCUT2D eigenvalue weighted by atomic mass is 9.93. The number of hydrogen-bond acceptors (Lipinski definition) is 0. The highest BCUT2D eigenvalue weighted by Crippen LogP contribution is 2.28. The molecule has 1 fully saturated rings. The minimum absolute atomic E-state index is 0.774. The number of benzene rings is 1. The Bertz CT molecular complexity index is 402. The highest BCUT2D eigenvalue weighted by Gasteiger charge is 2.06. The average Bonchev–Trinajstić information content (AvgIpc) is 2.31. The first-order valence-electron chi connectivity index (χ1n) is 5.56. The van der Waals surface area contributed by atoms with Gasteiger partial charge in [0, 0.05) is 0 Å². The van der Waals surface area contributed by atoms with E-state index in [1.165, 1.54) is 37.7 Å². The van der Waals surface area contributed by atoms with Gasteiger partial charge >= 0.3 is 0 Å². The lowest BCUT2D eigenvalue weighted by Crippen LogP contribution is -1.93. The van der Waals surface area contributed by atoms with Crippen molar-refractivity contribution in [2.45, 2.75) is 32.1 Å². The third kappa shape index (κ3) is 2.47. The second-order valence-electron chi connectivity index (χ2n) is 4.03. The van der Waals surface area contributed by atoms with Gasteiger partial charge in [-0.25, -0.2) is 4.85 Å². The molecule has 0 unspecified atom stereocenters. The van der Waals surface area contributed by atoms with Crippen LogP contribution in [0.15, 0.2) is 29.8 Å². The highest BCUT2D eigenvalue weighted by molar-refractivity contribution is 5.68. The summed E-state index contributed by atoms with van der Waals surface area (Å²) in [5, 5.41) is 0. The van der Waals surface area contributed by atoms with Crippen LogP contribution in [0.2, 0.25) is 0 Å². The smallest absolute Gasteiger partial charge is 0.194 e. The van der Waals surface area contributed by atoms with Crippen LogP contribution in [0.4, 0.5) is 5.69 Å². The van der Waals surface area contributed by atoms with Gasteiger partial charge in [0.15, 0.2) is 5.69 Å². The molecule has 1 heteroatoms. The fourth-order valence-electron chi connectivity index (χ4n) is 2.08. The maximum atomic E-state index is 7.10. The number of nitrogens with zero attached hydrogens (tertiary/aromatic N) is 1. The minimum atomic E-state index is 0.774. The maximum Gasteiger partial charge on any atom is 0.194 e. The third-order valence-corrected chi connectivity index (χ3v) is 2.91. The summed E-state index contributed by atoms with van der Waals surface area (Å²) in [5.41, 5.74) is 3.37. The summed E-state index contributed by atoms with van der Waals surface area (Å²) in [4.78, 5) is 3.54. The third-order valence-electron chi connectivity index (χ3n) is 2.91. The molecule has 0 aromatic heterocycles. The topological polar surface area (TPSA) is 4.36 Å². The van der Waals surface area contributed by atoms with E-state index in [4.69, 9.17) is 6.57 Å². The van der Waals surface area contributed by atoms with Crippen molar-refractivity contribution < 1.29 is 0 Å². The molecule has 1 aromatic rings. The predicted molar refractivity (Wildman–Crippen MR) is 63.8 cm³/mol. The van der Waals surface area contributed by atoms with Crippen LogP contribution in [0.1, 0.15) is 37.7 Å². The number of allylic oxidation sites excluding steroid dienone is 1. The Morgan fingerprint density at radius 2 is 1.80 bits per heavy atom. The summed E-state index contributed by atoms with van der Waals surface area (Å²) >= 11 is 0. The van der Waals surface area contributed by atoms with Crippen LogP contribution in [-0.4, -0.2) is 0 Å². The summed E-state index contributed by atoms with van der Waals surface area (Å²) in [6.07, 6.45) is 8.63. The number of para-hydroxylation sites is 1. The normalized spacial score (nSPS) is 15.8. The van der Waals surface area contributed by atoms with E-state index in [0.717, 1.165) is 11.3 Å². The van der Waals surface area contributed by atoms with Crippen molar-refractivity contribution in [3.63, 3.8) is 0 Å². The van der Waals surface area contributed by atoms with E-state index in [-0.39, 0.29) is 0 Å². The lowest BCUT2D eigenvalue weighted by molar-refractivity contribution is 0.602. The van der Waals surface area contributed by atoms with Gasteiger partial charge in [-0.1, -0.05) is 42.3 Å². The van der Waals surface area contributed by atoms with E-state index >= 15 is 0 Å². The lowest BCUT2D eigenvalue weighted by Gasteiger charge is -2.13. The first-order chi connectivity index (χ1) is 7.40. The SMILES string of the molecule is [C-]#[N+]c1ccccc1C=C1CCCCC1. The molecule has 0 spiro atoms. The van der Waals surface area contributed by atoms with Crippen molar-refractivity contribution >= 4 is 11.8 Å². The van der Waals surface area contributed by atoms with E-state index < -0.39 is 0 Å². The first-order valence-corrected chi connectivity index (χ1v) is 5.56. The Balaban J connectivity index is 2.26. The maximum absolute atomic E-state index is 7.10. The van der Waals surface area contributed by atoms with Gasteiger partial charge in [-0.15, -0.1) is 0 Å². The Kier molecular flexibility index (Phi) is 3.19. The van der Waals surface area contributed by atoms with Crippen molar-refractivity contribution in [2.75, 3.05) is 0 Å². The van der Waals surface area contributed by atoms with Crippen LogP contribution < -0.4 is 0 Å². The monoisotopic (exact) mass is 197 g/mol. The van der Waals surface area contributed by atoms with Gasteiger partial charge in [-0.3, -0.25) is 0 Å². The van der Waals surface area contributed by atoms with Crippen molar-refractivity contribution in [3.8, 4) is 0 Å². The summed E-state index contributed by atoms with van der Waals surface area (Å²) < 4.78 is 0. The molecule has 0 heterocycles. The van der Waals surface area contributed by atoms with Crippen LogP contribution in [0.5, 0.6) is 0 Å². The zero-order chi connectivity index (χ0) is 10.5. The quantitative estimate of drug-likeness (QED) is 0.580. The molecule has 0 saturated heterocycles. The van der Waals surface area contributed by atoms with Crippen LogP contribution >= 0.6 is 0 Å². The second kappa shape index (κ2) is 4.79. The van der Waals surface area contributed by atoms with E-state index in [0.29, 0.717) is 0 Å². The van der Waals surface area contributed by atoms with Crippen LogP contribution in [-0.2, 0) is 0 Å². The molecule has 0 atom stereocenters. The van der Waals surface area contributed by atoms with Gasteiger partial charge in [0.05, 0.1) is 6.57 Å². The average molecular weight is 197 g/mol. The van der Waals surface area contributed by atoms with Crippen molar-refractivity contribution in [2.24, 2.45) is 0 Å². The van der Waals surface area contributed by atoms with E-state index in [9.17, 15) is 0 Å². The molecular formula is C14H15N. The van der Waals surface area contributed by atoms with Crippen molar-refractivity contribution in [1.29, 1.82) is 0 Å². The Morgan fingerprint density at radius 1 is 1.07 bits per heavy atom. The molecule has 0 radical (unpaired) electrons. The van der Waals surface area contributed by atoms with E-state index in [2.05, 4.69) is 10.9 Å². The zero-order valence-electron chi connectivity index (χ0n) is 8.87. The van der Waals surface area contributed by atoms with Gasteiger partial charge in [0.25, 0.3) is 0 Å². The molecule has 1 aliphatic rings. The first kappa shape index (κ1) is 9.98. The molecule has 0 N–H and O–H groups in total. The number of hydrogen-bond donors (Lipinski definition) is 0. The van der Waals surface area contributed by atoms with Gasteiger partial charge in [-0.05, 0) is 31.2 Å². The van der Waals surface area contributed by atoms with Gasteiger partial charge in [0.1, 0.15) is 0 Å². The molecule has 1 aliphatic carbocycles. The Morgan fingerprint density at radius 3 is 2.53 bits per heavy atom. The molecule has 0 aliphatic heterocycles. The van der Waals surface area contributed by atoms with Gasteiger partial charge < -0.3 is 0 Å². The van der Waals surface area contributed by atoms with Gasteiger partial charge in [0.2, 0.25) is 0 Å². The molecule has 1 saturated carbocycles. The summed E-state index contributed by atoms with van der Waals surface area (Å²) in [6, 6.07) is 7.86. The summed E-state index contributed by atoms with van der Waals surface area (Å²) in [5.74, 6) is 0. The second-order valence-corrected chi connectivity index (χ2v) is 4.03. The van der Waals surface area contributed by atoms with Crippen LogP contribution in [0, 0.1) is 6.57 Å². The molecule has 15 heavy (non-hydrogen) atoms. The summed E-state index contributed by atoms with van der Waals surface area (Å²) in [7, 11) is 0. The number of rotatable bonds is 1. The van der Waals surface area contributed by atoms with Crippen LogP contribution in [0.3, 0.4) is 0 Å². The Labute approximate surface area is 91.3 Å². The molecule has 1 aromatic carbocycles. The highest BCUT2D eigenvalue weighted by atomic mass is 14.6. The van der Waals surface area contributed by atoms with E-state index in [1.54, 1.807) is 0 Å². The molecule has 0 bridgehead atoms. The standard InChI is InChI=1S/C14H15N/c1-15-14-10-6-5-9-13(14)11-12-7-3-2-4-8-12/h5-6,9-11H,2-4,7-8H2. The fraction of sp³-hybridized carbons (Fsp3) is 0.357. The van der Waals surface area contributed by atoms with Crippen LogP contribution in [0.25, 0.3) is 10.9 Å². The molecule has 2 rings (SSSR count). The predicted octanol–water partition coefficient (Wildman–Crippen LogP) is 4.58. The molecular weight excluding hydrogens is 182 g/mol. The Hall–Kier alpha value is -1.55. The largest absolute Gasteiger partial charge is 0.238 e. The molecule has 1 nitrogen and oxygen atoms in total. The van der Waals surface area contributed by atoms with Crippen molar-refractivity contribution in [3.05, 3.63) is 46.8 Å². The fourth-order valence-corrected chi connectivity index (χ4v) is 2.08. The van der Waals surface area contributed by atoms with E-state index in [1.807, 2.05) is 24.3 Å². The zero-order valence-corrected chi connectivity index (χ0v) is 8.87. The minimum Gasteiger partial charge on any atom is -0.238 e.